The Hall–Kier alpha value is -2.76. The van der Waals surface area contributed by atoms with Crippen molar-refractivity contribution in [2.24, 2.45) is 7.05 Å². The minimum absolute atomic E-state index is 0.0527. The highest BCUT2D eigenvalue weighted by Crippen LogP contribution is 2.37. The van der Waals surface area contributed by atoms with Crippen molar-refractivity contribution in [2.75, 3.05) is 29.0 Å². The van der Waals surface area contributed by atoms with Gasteiger partial charge in [-0.25, -0.2) is 13.8 Å². The molecule has 166 valence electrons. The Kier molecular flexibility index (Phi) is 6.08. The molecule has 1 saturated heterocycles. The minimum Gasteiger partial charge on any atom is -0.393 e. The smallest absolute Gasteiger partial charge is 0.171 e. The fourth-order valence-electron chi connectivity index (χ4n) is 3.76. The van der Waals surface area contributed by atoms with Crippen LogP contribution in [-0.2, 0) is 7.05 Å². The van der Waals surface area contributed by atoms with E-state index in [1.54, 1.807) is 17.9 Å². The first kappa shape index (κ1) is 21.5. The maximum atomic E-state index is 14.1. The van der Waals surface area contributed by atoms with Gasteiger partial charge in [0, 0.05) is 20.1 Å². The summed E-state index contributed by atoms with van der Waals surface area (Å²) in [7, 11) is 1.80. The summed E-state index contributed by atoms with van der Waals surface area (Å²) in [5.74, 6) is -0.733. The maximum absolute atomic E-state index is 14.1. The second-order valence-corrected chi connectivity index (χ2v) is 8.52. The van der Waals surface area contributed by atoms with Crippen molar-refractivity contribution in [1.29, 1.82) is 0 Å². The number of hydrogen-bond donors (Lipinski definition) is 4. The van der Waals surface area contributed by atoms with Crippen LogP contribution < -0.4 is 16.0 Å². The van der Waals surface area contributed by atoms with Crippen LogP contribution in [0.25, 0.3) is 10.6 Å². The summed E-state index contributed by atoms with van der Waals surface area (Å²) in [5.41, 5.74) is 6.39. The normalized spacial score (nSPS) is 18.1. The molecule has 2 aromatic heterocycles. The van der Waals surface area contributed by atoms with Gasteiger partial charge in [-0.05, 0) is 31.4 Å². The number of hydrogen-bond acceptors (Lipinski definition) is 8. The lowest BCUT2D eigenvalue weighted by atomic mass is 10.2. The predicted octanol–water partition coefficient (Wildman–Crippen LogP) is 2.86. The fraction of sp³-hybridized carbons (Fsp3) is 0.400. The highest BCUT2D eigenvalue weighted by atomic mass is 32.1. The molecule has 2 unspecified atom stereocenters. The van der Waals surface area contributed by atoms with Crippen molar-refractivity contribution in [2.45, 2.75) is 31.6 Å². The molecule has 1 aliphatic rings. The number of aliphatic hydroxyl groups is 2. The van der Waals surface area contributed by atoms with Crippen LogP contribution in [0.15, 0.2) is 24.4 Å². The lowest BCUT2D eigenvalue weighted by Gasteiger charge is -2.25. The molecule has 2 atom stereocenters. The third-order valence-electron chi connectivity index (χ3n) is 5.31. The lowest BCUT2D eigenvalue weighted by Crippen LogP contribution is -2.28. The molecule has 0 bridgehead atoms. The first-order valence-electron chi connectivity index (χ1n) is 9.95. The van der Waals surface area contributed by atoms with Gasteiger partial charge in [0.1, 0.15) is 33.2 Å². The van der Waals surface area contributed by atoms with Crippen LogP contribution in [-0.4, -0.2) is 44.2 Å². The zero-order valence-electron chi connectivity index (χ0n) is 16.9. The maximum Gasteiger partial charge on any atom is 0.171 e. The van der Waals surface area contributed by atoms with Gasteiger partial charge in [0.05, 0.1) is 23.6 Å². The van der Waals surface area contributed by atoms with Gasteiger partial charge >= 0.3 is 0 Å². The van der Waals surface area contributed by atoms with Crippen molar-refractivity contribution in [1.82, 2.24) is 14.8 Å². The topological polar surface area (TPSA) is 112 Å². The Bertz CT molecular complexity index is 1050. The van der Waals surface area contributed by atoms with Crippen LogP contribution in [0.5, 0.6) is 0 Å². The van der Waals surface area contributed by atoms with Crippen molar-refractivity contribution in [3.05, 3.63) is 41.7 Å². The third-order valence-corrected chi connectivity index (χ3v) is 6.23. The molecule has 0 aliphatic carbocycles. The Morgan fingerprint density at radius 1 is 1.26 bits per heavy atom. The fourth-order valence-corrected chi connectivity index (χ4v) is 4.67. The Morgan fingerprint density at radius 2 is 2.00 bits per heavy atom. The average molecular weight is 451 g/mol. The summed E-state index contributed by atoms with van der Waals surface area (Å²) < 4.78 is 29.9. The number of rotatable bonds is 5. The Morgan fingerprint density at radius 3 is 2.74 bits per heavy atom. The van der Waals surface area contributed by atoms with Crippen molar-refractivity contribution < 1.29 is 19.0 Å². The van der Waals surface area contributed by atoms with Crippen LogP contribution in [0.1, 0.15) is 31.2 Å². The number of anilines is 3. The molecule has 0 saturated carbocycles. The molecule has 0 radical (unpaired) electrons. The molecule has 1 aromatic carbocycles. The van der Waals surface area contributed by atoms with E-state index in [1.807, 2.05) is 0 Å². The van der Waals surface area contributed by atoms with Gasteiger partial charge in [0.25, 0.3) is 0 Å². The highest BCUT2D eigenvalue weighted by Gasteiger charge is 2.25. The van der Waals surface area contributed by atoms with E-state index in [4.69, 9.17) is 5.73 Å². The molecule has 31 heavy (non-hydrogen) atoms. The zero-order chi connectivity index (χ0) is 22.1. The van der Waals surface area contributed by atoms with Crippen LogP contribution in [0.3, 0.4) is 0 Å². The van der Waals surface area contributed by atoms with Gasteiger partial charge in [-0.15, -0.1) is 0 Å². The van der Waals surface area contributed by atoms with Gasteiger partial charge in [0.2, 0.25) is 0 Å². The summed E-state index contributed by atoms with van der Waals surface area (Å²) in [6, 6.07) is 3.56. The lowest BCUT2D eigenvalue weighted by molar-refractivity contribution is 0.161. The van der Waals surface area contributed by atoms with Crippen molar-refractivity contribution in [3.63, 3.8) is 0 Å². The number of halogens is 2. The number of nitrogens with one attached hydrogen (secondary N) is 1. The molecule has 5 N–H and O–H groups in total. The Labute approximate surface area is 181 Å². The van der Waals surface area contributed by atoms with Crippen LogP contribution in [0.4, 0.5) is 25.3 Å². The summed E-state index contributed by atoms with van der Waals surface area (Å²) in [4.78, 5) is 6.30. The van der Waals surface area contributed by atoms with Gasteiger partial charge < -0.3 is 26.2 Å². The van der Waals surface area contributed by atoms with E-state index in [0.717, 1.165) is 48.7 Å². The molecule has 0 spiro atoms. The number of aryl methyl sites for hydroxylation is 1. The number of thiazole rings is 1. The van der Waals surface area contributed by atoms with Gasteiger partial charge in [-0.3, -0.25) is 4.68 Å². The third kappa shape index (κ3) is 4.34. The molecular weight excluding hydrogens is 426 g/mol. The summed E-state index contributed by atoms with van der Waals surface area (Å²) in [6.45, 7) is 1.40. The van der Waals surface area contributed by atoms with Gasteiger partial charge in [-0.2, -0.15) is 5.10 Å². The largest absolute Gasteiger partial charge is 0.393 e. The molecule has 11 heteroatoms. The van der Waals surface area contributed by atoms with E-state index in [-0.39, 0.29) is 27.4 Å². The first-order valence-corrected chi connectivity index (χ1v) is 10.8. The molecule has 3 aromatic rings. The number of aromatic nitrogens is 3. The molecular formula is C20H24F2N6O2S. The molecule has 0 amide bonds. The summed E-state index contributed by atoms with van der Waals surface area (Å²) in [6.07, 6.45) is 2.17. The van der Waals surface area contributed by atoms with Gasteiger partial charge in [-0.1, -0.05) is 17.4 Å². The van der Waals surface area contributed by atoms with Crippen molar-refractivity contribution in [3.8, 4) is 10.6 Å². The Balaban J connectivity index is 1.59. The van der Waals surface area contributed by atoms with Crippen LogP contribution in [0.2, 0.25) is 0 Å². The van der Waals surface area contributed by atoms with E-state index >= 15 is 0 Å². The van der Waals surface area contributed by atoms with E-state index in [2.05, 4.69) is 20.3 Å². The average Bonchev–Trinajstić information content (AvgIpc) is 3.19. The second-order valence-electron chi connectivity index (χ2n) is 7.49. The standard InChI is InChI=1S/C20H24F2N6O2S/c1-27-20(28-8-3-4-11(29)7-9-28)14(10-24-27)25-18(30)16-17(23)31-19(26-16)15-12(21)5-2-6-13(15)22/h2,5-6,10-11,18,25,29-30H,3-4,7-9,23H2,1H3. The zero-order valence-corrected chi connectivity index (χ0v) is 17.7. The summed E-state index contributed by atoms with van der Waals surface area (Å²) in [5, 5.41) is 28.1. The predicted molar refractivity (Wildman–Crippen MR) is 116 cm³/mol. The molecule has 4 rings (SSSR count). The number of benzene rings is 1. The SMILES string of the molecule is Cn1ncc(NC(O)c2nc(-c3c(F)cccc3F)sc2N)c1N1CCCC(O)CC1. The van der Waals surface area contributed by atoms with Crippen LogP contribution >= 0.6 is 11.3 Å². The number of nitrogens with two attached hydrogens (primary N) is 1. The number of nitrogen functional groups attached to an aromatic ring is 1. The minimum atomic E-state index is -1.31. The van der Waals surface area contributed by atoms with E-state index in [1.165, 1.54) is 6.07 Å². The van der Waals surface area contributed by atoms with Gasteiger partial charge in [0.15, 0.2) is 6.23 Å². The van der Waals surface area contributed by atoms with E-state index < -0.39 is 17.9 Å². The molecule has 1 fully saturated rings. The monoisotopic (exact) mass is 450 g/mol. The molecule has 1 aliphatic heterocycles. The molecule has 3 heterocycles. The molecule has 8 nitrogen and oxygen atoms in total. The summed E-state index contributed by atoms with van der Waals surface area (Å²) >= 11 is 0.903. The van der Waals surface area contributed by atoms with Crippen molar-refractivity contribution >= 4 is 27.8 Å². The first-order chi connectivity index (χ1) is 14.8. The number of nitrogens with zero attached hydrogens (tertiary/aromatic N) is 4. The number of aliphatic hydroxyl groups excluding tert-OH is 2. The second kappa shape index (κ2) is 8.77. The highest BCUT2D eigenvalue weighted by molar-refractivity contribution is 7.18. The van der Waals surface area contributed by atoms with E-state index in [9.17, 15) is 19.0 Å². The van der Waals surface area contributed by atoms with E-state index in [0.29, 0.717) is 18.7 Å². The van der Waals surface area contributed by atoms with Crippen LogP contribution in [0, 0.1) is 11.6 Å². The quantitative estimate of drug-likeness (QED) is 0.442.